The number of aryl methyl sites for hydroxylation is 1. The second-order valence-corrected chi connectivity index (χ2v) is 4.47. The van der Waals surface area contributed by atoms with Crippen molar-refractivity contribution in [3.63, 3.8) is 0 Å². The number of benzene rings is 1. The molecule has 2 rings (SSSR count). The van der Waals surface area contributed by atoms with Crippen molar-refractivity contribution in [1.82, 2.24) is 9.78 Å². The lowest BCUT2D eigenvalue weighted by molar-refractivity contribution is 0.290. The fourth-order valence-corrected chi connectivity index (χ4v) is 1.73. The molecular weight excluding hydrogens is 245 g/mol. The first kappa shape index (κ1) is 13.5. The summed E-state index contributed by atoms with van der Waals surface area (Å²) >= 11 is 0. The predicted octanol–water partition coefficient (Wildman–Crippen LogP) is 2.64. The molecule has 0 spiro atoms. The van der Waals surface area contributed by atoms with E-state index in [9.17, 15) is 4.39 Å². The van der Waals surface area contributed by atoms with Crippen LogP contribution in [0.3, 0.4) is 0 Å². The van der Waals surface area contributed by atoms with Crippen LogP contribution in [0.25, 0.3) is 0 Å². The number of ether oxygens (including phenoxy) is 1. The standard InChI is InChI=1S/C14H18FN3O/c1-3-18-8-11(7-17-18)9-19-14-5-4-12(10(2)16)6-13(14)15/h4-8,10H,3,9,16H2,1-2H3/t10-/m0/s1. The lowest BCUT2D eigenvalue weighted by atomic mass is 10.1. The molecule has 1 atom stereocenters. The van der Waals surface area contributed by atoms with Gasteiger partial charge in [0.25, 0.3) is 0 Å². The summed E-state index contributed by atoms with van der Waals surface area (Å²) in [5.74, 6) is -0.161. The summed E-state index contributed by atoms with van der Waals surface area (Å²) in [7, 11) is 0. The third-order valence-electron chi connectivity index (χ3n) is 2.89. The van der Waals surface area contributed by atoms with E-state index in [1.807, 2.05) is 20.0 Å². The highest BCUT2D eigenvalue weighted by Crippen LogP contribution is 2.22. The van der Waals surface area contributed by atoms with Crippen molar-refractivity contribution in [3.05, 3.63) is 47.5 Å². The zero-order chi connectivity index (χ0) is 13.8. The molecule has 0 aliphatic rings. The molecule has 2 N–H and O–H groups in total. The van der Waals surface area contributed by atoms with Crippen LogP contribution >= 0.6 is 0 Å². The summed E-state index contributed by atoms with van der Waals surface area (Å²) in [6.07, 6.45) is 3.60. The van der Waals surface area contributed by atoms with E-state index >= 15 is 0 Å². The SMILES string of the molecule is CCn1cc(COc2ccc([C@H](C)N)cc2F)cn1. The zero-order valence-electron chi connectivity index (χ0n) is 11.1. The average Bonchev–Trinajstić information content (AvgIpc) is 2.85. The van der Waals surface area contributed by atoms with Gasteiger partial charge < -0.3 is 10.5 Å². The molecule has 0 saturated heterocycles. The normalized spacial score (nSPS) is 12.4. The monoisotopic (exact) mass is 263 g/mol. The van der Waals surface area contributed by atoms with Gasteiger partial charge in [-0.1, -0.05) is 6.07 Å². The minimum atomic E-state index is -0.391. The maximum atomic E-state index is 13.8. The highest BCUT2D eigenvalue weighted by Gasteiger charge is 2.08. The first-order valence-electron chi connectivity index (χ1n) is 6.29. The fraction of sp³-hybridized carbons (Fsp3) is 0.357. The number of hydrogen-bond acceptors (Lipinski definition) is 3. The van der Waals surface area contributed by atoms with Gasteiger partial charge in [-0.3, -0.25) is 4.68 Å². The molecule has 0 unspecified atom stereocenters. The molecule has 0 amide bonds. The topological polar surface area (TPSA) is 53.1 Å². The van der Waals surface area contributed by atoms with Gasteiger partial charge in [0, 0.05) is 24.3 Å². The van der Waals surface area contributed by atoms with E-state index in [0.717, 1.165) is 17.7 Å². The van der Waals surface area contributed by atoms with Gasteiger partial charge >= 0.3 is 0 Å². The maximum absolute atomic E-state index is 13.8. The quantitative estimate of drug-likeness (QED) is 0.902. The number of hydrogen-bond donors (Lipinski definition) is 1. The number of halogens is 1. The van der Waals surface area contributed by atoms with Crippen LogP contribution in [0.2, 0.25) is 0 Å². The molecule has 4 nitrogen and oxygen atoms in total. The zero-order valence-corrected chi connectivity index (χ0v) is 11.1. The van der Waals surface area contributed by atoms with Gasteiger partial charge in [-0.05, 0) is 31.5 Å². The molecule has 0 radical (unpaired) electrons. The molecule has 0 aliphatic heterocycles. The average molecular weight is 263 g/mol. The highest BCUT2D eigenvalue weighted by molar-refractivity contribution is 5.30. The Bertz CT molecular complexity index is 551. The van der Waals surface area contributed by atoms with Gasteiger partial charge in [-0.2, -0.15) is 5.10 Å². The van der Waals surface area contributed by atoms with Crippen molar-refractivity contribution in [1.29, 1.82) is 0 Å². The van der Waals surface area contributed by atoms with Gasteiger partial charge in [-0.25, -0.2) is 4.39 Å². The smallest absolute Gasteiger partial charge is 0.165 e. The molecular formula is C14H18FN3O. The van der Waals surface area contributed by atoms with Crippen molar-refractivity contribution in [3.8, 4) is 5.75 Å². The van der Waals surface area contributed by atoms with Crippen LogP contribution in [0, 0.1) is 5.82 Å². The van der Waals surface area contributed by atoms with Crippen LogP contribution in [0.4, 0.5) is 4.39 Å². The summed E-state index contributed by atoms with van der Waals surface area (Å²) in [5.41, 5.74) is 7.36. The van der Waals surface area contributed by atoms with Gasteiger partial charge in [-0.15, -0.1) is 0 Å². The summed E-state index contributed by atoms with van der Waals surface area (Å²) in [5, 5.41) is 4.13. The van der Waals surface area contributed by atoms with Gasteiger partial charge in [0.15, 0.2) is 11.6 Å². The van der Waals surface area contributed by atoms with E-state index in [1.54, 1.807) is 23.0 Å². The van der Waals surface area contributed by atoms with E-state index < -0.39 is 5.82 Å². The summed E-state index contributed by atoms with van der Waals surface area (Å²) in [4.78, 5) is 0. The van der Waals surface area contributed by atoms with Gasteiger partial charge in [0.2, 0.25) is 0 Å². The second kappa shape index (κ2) is 5.84. The van der Waals surface area contributed by atoms with Crippen molar-refractivity contribution >= 4 is 0 Å². The van der Waals surface area contributed by atoms with Crippen molar-refractivity contribution in [2.24, 2.45) is 5.73 Å². The largest absolute Gasteiger partial charge is 0.486 e. The van der Waals surface area contributed by atoms with Crippen LogP contribution in [-0.2, 0) is 13.2 Å². The molecule has 1 heterocycles. The number of nitrogens with zero attached hydrogens (tertiary/aromatic N) is 2. The Morgan fingerprint density at radius 3 is 2.84 bits per heavy atom. The van der Waals surface area contributed by atoms with Crippen LogP contribution < -0.4 is 10.5 Å². The van der Waals surface area contributed by atoms with Crippen LogP contribution in [0.5, 0.6) is 5.75 Å². The molecule has 0 bridgehead atoms. The maximum Gasteiger partial charge on any atom is 0.165 e. The van der Waals surface area contributed by atoms with E-state index in [0.29, 0.717) is 6.61 Å². The molecule has 19 heavy (non-hydrogen) atoms. The molecule has 0 aliphatic carbocycles. The van der Waals surface area contributed by atoms with Gasteiger partial charge in [0.05, 0.1) is 6.20 Å². The van der Waals surface area contributed by atoms with E-state index in [2.05, 4.69) is 5.10 Å². The highest BCUT2D eigenvalue weighted by atomic mass is 19.1. The summed E-state index contributed by atoms with van der Waals surface area (Å²) in [6, 6.07) is 4.61. The van der Waals surface area contributed by atoms with Crippen LogP contribution in [0.1, 0.15) is 31.0 Å². The number of rotatable bonds is 5. The Morgan fingerprint density at radius 1 is 1.47 bits per heavy atom. The Kier molecular flexibility index (Phi) is 4.16. The van der Waals surface area contributed by atoms with Crippen molar-refractivity contribution in [2.75, 3.05) is 0 Å². The predicted molar refractivity (Wildman–Crippen MR) is 71.2 cm³/mol. The number of aromatic nitrogens is 2. The molecule has 2 aromatic rings. The summed E-state index contributed by atoms with van der Waals surface area (Å²) in [6.45, 7) is 4.92. The Hall–Kier alpha value is -1.88. The molecule has 102 valence electrons. The van der Waals surface area contributed by atoms with E-state index in [-0.39, 0.29) is 11.8 Å². The minimum Gasteiger partial charge on any atom is -0.486 e. The number of nitrogens with two attached hydrogens (primary N) is 1. The third kappa shape index (κ3) is 3.32. The van der Waals surface area contributed by atoms with E-state index in [1.165, 1.54) is 6.07 Å². The fourth-order valence-electron chi connectivity index (χ4n) is 1.73. The molecule has 1 aromatic heterocycles. The first-order chi connectivity index (χ1) is 9.10. The first-order valence-corrected chi connectivity index (χ1v) is 6.29. The van der Waals surface area contributed by atoms with Crippen molar-refractivity contribution in [2.45, 2.75) is 33.0 Å². The molecule has 1 aromatic carbocycles. The Morgan fingerprint density at radius 2 is 2.26 bits per heavy atom. The molecule has 0 fully saturated rings. The van der Waals surface area contributed by atoms with Crippen LogP contribution in [0.15, 0.2) is 30.6 Å². The van der Waals surface area contributed by atoms with Crippen molar-refractivity contribution < 1.29 is 9.13 Å². The Labute approximate surface area is 112 Å². The summed E-state index contributed by atoms with van der Waals surface area (Å²) < 4.78 is 21.0. The Balaban J connectivity index is 2.03. The third-order valence-corrected chi connectivity index (χ3v) is 2.89. The lowest BCUT2D eigenvalue weighted by Gasteiger charge is -2.09. The van der Waals surface area contributed by atoms with Gasteiger partial charge in [0.1, 0.15) is 6.61 Å². The molecule has 5 heteroatoms. The van der Waals surface area contributed by atoms with Crippen LogP contribution in [-0.4, -0.2) is 9.78 Å². The second-order valence-electron chi connectivity index (χ2n) is 4.47. The lowest BCUT2D eigenvalue weighted by Crippen LogP contribution is -2.06. The minimum absolute atomic E-state index is 0.189. The van der Waals surface area contributed by atoms with E-state index in [4.69, 9.17) is 10.5 Å². The molecule has 0 saturated carbocycles.